The fourth-order valence-electron chi connectivity index (χ4n) is 2.38. The van der Waals surface area contributed by atoms with Crippen LogP contribution >= 0.6 is 23.2 Å². The summed E-state index contributed by atoms with van der Waals surface area (Å²) in [7, 11) is 0. The number of fused-ring (bicyclic) bond motifs is 1. The highest BCUT2D eigenvalue weighted by Crippen LogP contribution is 2.35. The lowest BCUT2D eigenvalue weighted by Crippen LogP contribution is -1.95. The zero-order valence-corrected chi connectivity index (χ0v) is 11.8. The van der Waals surface area contributed by atoms with Crippen LogP contribution in [0.25, 0.3) is 0 Å². The van der Waals surface area contributed by atoms with Crippen LogP contribution < -0.4 is 10.5 Å². The largest absolute Gasteiger partial charge is 0.455 e. The van der Waals surface area contributed by atoms with Crippen molar-refractivity contribution in [3.05, 3.63) is 51.5 Å². The number of ether oxygens (including phenoxy) is 1. The Balaban J connectivity index is 1.92. The molecule has 1 aliphatic rings. The van der Waals surface area contributed by atoms with Crippen LogP contribution in [0.4, 0.5) is 5.69 Å². The average Bonchev–Trinajstić information content (AvgIpc) is 2.81. The highest BCUT2D eigenvalue weighted by Gasteiger charge is 2.14. The molecule has 3 rings (SSSR count). The minimum Gasteiger partial charge on any atom is -0.455 e. The van der Waals surface area contributed by atoms with E-state index in [1.54, 1.807) is 18.2 Å². The Bertz CT molecular complexity index is 640. The van der Waals surface area contributed by atoms with Gasteiger partial charge in [0.05, 0.1) is 15.7 Å². The van der Waals surface area contributed by atoms with E-state index in [0.717, 1.165) is 12.8 Å². The molecule has 2 N–H and O–H groups in total. The maximum absolute atomic E-state index is 6.03. The van der Waals surface area contributed by atoms with Crippen LogP contribution in [0.2, 0.25) is 10.0 Å². The smallest absolute Gasteiger partial charge is 0.150 e. The van der Waals surface area contributed by atoms with Gasteiger partial charge in [0.1, 0.15) is 5.75 Å². The maximum Gasteiger partial charge on any atom is 0.150 e. The Morgan fingerprint density at radius 2 is 1.68 bits per heavy atom. The van der Waals surface area contributed by atoms with Gasteiger partial charge in [-0.2, -0.15) is 0 Å². The van der Waals surface area contributed by atoms with E-state index in [-0.39, 0.29) is 0 Å². The molecule has 2 aromatic rings. The van der Waals surface area contributed by atoms with Crippen molar-refractivity contribution in [1.29, 1.82) is 0 Å². The highest BCUT2D eigenvalue weighted by atomic mass is 35.5. The molecule has 2 aromatic carbocycles. The zero-order valence-electron chi connectivity index (χ0n) is 10.2. The number of aryl methyl sites for hydroxylation is 2. The van der Waals surface area contributed by atoms with Gasteiger partial charge in [-0.1, -0.05) is 23.2 Å². The summed E-state index contributed by atoms with van der Waals surface area (Å²) < 4.78 is 5.80. The second-order valence-corrected chi connectivity index (χ2v) is 5.50. The Labute approximate surface area is 122 Å². The van der Waals surface area contributed by atoms with Crippen LogP contribution in [0.5, 0.6) is 11.5 Å². The van der Waals surface area contributed by atoms with Crippen molar-refractivity contribution in [1.82, 2.24) is 0 Å². The van der Waals surface area contributed by atoms with E-state index in [0.29, 0.717) is 27.2 Å². The molecule has 1 aliphatic carbocycles. The standard InChI is InChI=1S/C15H13Cl2NO/c16-12-5-4-11(8-13(12)17)19-15-7-10-3-1-2-9(10)6-14(15)18/h4-8H,1-3,18H2. The highest BCUT2D eigenvalue weighted by molar-refractivity contribution is 6.42. The van der Waals surface area contributed by atoms with Gasteiger partial charge in [0, 0.05) is 6.07 Å². The first-order valence-electron chi connectivity index (χ1n) is 6.17. The molecule has 0 heterocycles. The Kier molecular flexibility index (Phi) is 3.29. The molecule has 0 aliphatic heterocycles. The lowest BCUT2D eigenvalue weighted by molar-refractivity contribution is 0.484. The van der Waals surface area contributed by atoms with Crippen LogP contribution in [-0.4, -0.2) is 0 Å². The molecule has 0 fully saturated rings. The van der Waals surface area contributed by atoms with E-state index in [9.17, 15) is 0 Å². The van der Waals surface area contributed by atoms with Crippen molar-refractivity contribution in [3.8, 4) is 11.5 Å². The van der Waals surface area contributed by atoms with Crippen LogP contribution in [0.15, 0.2) is 30.3 Å². The van der Waals surface area contributed by atoms with Crippen molar-refractivity contribution in [2.75, 3.05) is 5.73 Å². The lowest BCUT2D eigenvalue weighted by Gasteiger charge is -2.11. The maximum atomic E-state index is 6.03. The first-order valence-corrected chi connectivity index (χ1v) is 6.93. The molecule has 0 aromatic heterocycles. The molecular formula is C15H13Cl2NO. The second-order valence-electron chi connectivity index (χ2n) is 4.69. The van der Waals surface area contributed by atoms with Gasteiger partial charge in [0.25, 0.3) is 0 Å². The second kappa shape index (κ2) is 4.95. The number of hydrogen-bond donors (Lipinski definition) is 1. The van der Waals surface area contributed by atoms with Gasteiger partial charge >= 0.3 is 0 Å². The van der Waals surface area contributed by atoms with Gasteiger partial charge in [-0.15, -0.1) is 0 Å². The molecule has 2 nitrogen and oxygen atoms in total. The molecule has 0 amide bonds. The molecule has 0 saturated heterocycles. The van der Waals surface area contributed by atoms with Crippen LogP contribution in [0.1, 0.15) is 17.5 Å². The van der Waals surface area contributed by atoms with Crippen molar-refractivity contribution in [2.45, 2.75) is 19.3 Å². The van der Waals surface area contributed by atoms with Gasteiger partial charge in [0.2, 0.25) is 0 Å². The quantitative estimate of drug-likeness (QED) is 0.803. The number of nitrogen functional groups attached to an aromatic ring is 1. The topological polar surface area (TPSA) is 35.2 Å². The van der Waals surface area contributed by atoms with Crippen LogP contribution in [0, 0.1) is 0 Å². The Morgan fingerprint density at radius 3 is 2.42 bits per heavy atom. The van der Waals surface area contributed by atoms with E-state index >= 15 is 0 Å². The molecule has 19 heavy (non-hydrogen) atoms. The van der Waals surface area contributed by atoms with Crippen molar-refractivity contribution < 1.29 is 4.74 Å². The molecule has 4 heteroatoms. The third-order valence-electron chi connectivity index (χ3n) is 3.34. The first kappa shape index (κ1) is 12.6. The number of rotatable bonds is 2. The van der Waals surface area contributed by atoms with E-state index in [1.807, 2.05) is 12.1 Å². The fourth-order valence-corrected chi connectivity index (χ4v) is 2.66. The molecule has 0 spiro atoms. The minimum atomic E-state index is 0.471. The van der Waals surface area contributed by atoms with E-state index in [4.69, 9.17) is 33.7 Å². The molecular weight excluding hydrogens is 281 g/mol. The van der Waals surface area contributed by atoms with E-state index in [1.165, 1.54) is 17.5 Å². The predicted octanol–water partition coefficient (Wildman–Crippen LogP) is 4.86. The summed E-state index contributed by atoms with van der Waals surface area (Å²) in [5, 5.41) is 0.981. The minimum absolute atomic E-state index is 0.471. The number of nitrogens with two attached hydrogens (primary N) is 1. The molecule has 0 saturated carbocycles. The van der Waals surface area contributed by atoms with E-state index in [2.05, 4.69) is 0 Å². The third-order valence-corrected chi connectivity index (χ3v) is 4.08. The molecule has 98 valence electrons. The van der Waals surface area contributed by atoms with Gasteiger partial charge in [-0.25, -0.2) is 0 Å². The van der Waals surface area contributed by atoms with E-state index < -0.39 is 0 Å². The summed E-state index contributed by atoms with van der Waals surface area (Å²) in [5.74, 6) is 1.32. The summed E-state index contributed by atoms with van der Waals surface area (Å²) in [4.78, 5) is 0. The number of hydrogen-bond acceptors (Lipinski definition) is 2. The molecule has 0 bridgehead atoms. The summed E-state index contributed by atoms with van der Waals surface area (Å²) in [6, 6.07) is 9.22. The normalized spacial score (nSPS) is 13.4. The molecule has 0 unspecified atom stereocenters. The fraction of sp³-hybridized carbons (Fsp3) is 0.200. The Hall–Kier alpha value is -1.38. The summed E-state index contributed by atoms with van der Waals surface area (Å²) >= 11 is 11.8. The third kappa shape index (κ3) is 2.51. The molecule has 0 radical (unpaired) electrons. The summed E-state index contributed by atoms with van der Waals surface area (Å²) in [5.41, 5.74) is 9.34. The summed E-state index contributed by atoms with van der Waals surface area (Å²) in [6.45, 7) is 0. The summed E-state index contributed by atoms with van der Waals surface area (Å²) in [6.07, 6.45) is 3.38. The van der Waals surface area contributed by atoms with Crippen molar-refractivity contribution in [3.63, 3.8) is 0 Å². The number of anilines is 1. The number of halogens is 2. The van der Waals surface area contributed by atoms with Gasteiger partial charge < -0.3 is 10.5 Å². The zero-order chi connectivity index (χ0) is 13.4. The Morgan fingerprint density at radius 1 is 0.947 bits per heavy atom. The SMILES string of the molecule is Nc1cc2c(cc1Oc1ccc(Cl)c(Cl)c1)CCC2. The molecule has 0 atom stereocenters. The van der Waals surface area contributed by atoms with Gasteiger partial charge in [-0.05, 0) is 54.7 Å². The first-order chi connectivity index (χ1) is 9.13. The average molecular weight is 294 g/mol. The monoisotopic (exact) mass is 293 g/mol. The van der Waals surface area contributed by atoms with Crippen molar-refractivity contribution in [2.24, 2.45) is 0 Å². The van der Waals surface area contributed by atoms with Crippen LogP contribution in [0.3, 0.4) is 0 Å². The lowest BCUT2D eigenvalue weighted by atomic mass is 10.1. The van der Waals surface area contributed by atoms with Crippen molar-refractivity contribution >= 4 is 28.9 Å². The number of benzene rings is 2. The van der Waals surface area contributed by atoms with Crippen LogP contribution in [-0.2, 0) is 12.8 Å². The predicted molar refractivity (Wildman–Crippen MR) is 79.4 cm³/mol. The van der Waals surface area contributed by atoms with Gasteiger partial charge in [0.15, 0.2) is 5.75 Å². The van der Waals surface area contributed by atoms with Gasteiger partial charge in [-0.3, -0.25) is 0 Å².